The molecule has 0 radical (unpaired) electrons. The van der Waals surface area contributed by atoms with Gasteiger partial charge in [0.25, 0.3) is 0 Å². The summed E-state index contributed by atoms with van der Waals surface area (Å²) in [5.74, 6) is 5.60. The minimum atomic E-state index is -0.0326. The molecule has 0 saturated heterocycles. The van der Waals surface area contributed by atoms with Crippen molar-refractivity contribution in [3.63, 3.8) is 0 Å². The van der Waals surface area contributed by atoms with Crippen LogP contribution in [0.3, 0.4) is 0 Å². The summed E-state index contributed by atoms with van der Waals surface area (Å²) in [4.78, 5) is 10.2. The zero-order valence-electron chi connectivity index (χ0n) is 41.5. The van der Waals surface area contributed by atoms with E-state index in [1.807, 2.05) is 0 Å². The van der Waals surface area contributed by atoms with Gasteiger partial charge in [0, 0.05) is 40.2 Å². The smallest absolute Gasteiger partial charge is 0.137 e. The van der Waals surface area contributed by atoms with Gasteiger partial charge in [-0.2, -0.15) is 0 Å². The van der Waals surface area contributed by atoms with Crippen molar-refractivity contribution < 1.29 is 4.74 Å². The Labute approximate surface area is 403 Å². The SMILES string of the molecule is Cc1cc(C2(c3ccnc(-n4c5ccccc5c5ccc(Oc6cccc(N7CN(c8c(C(C)(C)C)cccc8C(C)(C)C)c8ccccc87)c6)cc54)c3)C3CC4CC(C3)CC2C4)cc(C)c1C. The van der Waals surface area contributed by atoms with Crippen molar-refractivity contribution in [1.82, 2.24) is 9.55 Å². The van der Waals surface area contributed by atoms with Gasteiger partial charge in [0.15, 0.2) is 0 Å². The third-order valence-electron chi connectivity index (χ3n) is 17.0. The second-order valence-corrected chi connectivity index (χ2v) is 23.1. The van der Waals surface area contributed by atoms with Crippen LogP contribution in [0, 0.1) is 44.4 Å². The zero-order valence-corrected chi connectivity index (χ0v) is 41.5. The number of pyridine rings is 1. The summed E-state index contributed by atoms with van der Waals surface area (Å²) in [5, 5.41) is 2.42. The van der Waals surface area contributed by atoms with E-state index in [4.69, 9.17) is 9.72 Å². The third kappa shape index (κ3) is 6.73. The predicted molar refractivity (Wildman–Crippen MR) is 283 cm³/mol. The van der Waals surface area contributed by atoms with Crippen LogP contribution in [-0.2, 0) is 16.2 Å². The average Bonchev–Trinajstić information content (AvgIpc) is 3.86. The zero-order chi connectivity index (χ0) is 46.9. The summed E-state index contributed by atoms with van der Waals surface area (Å²) < 4.78 is 9.31. The highest BCUT2D eigenvalue weighted by Gasteiger charge is 2.58. The molecule has 68 heavy (non-hydrogen) atoms. The molecule has 6 aromatic carbocycles. The fourth-order valence-corrected chi connectivity index (χ4v) is 13.9. The van der Waals surface area contributed by atoms with Gasteiger partial charge in [-0.15, -0.1) is 0 Å². The van der Waals surface area contributed by atoms with Crippen molar-refractivity contribution in [3.05, 3.63) is 179 Å². The number of fused-ring (bicyclic) bond motifs is 4. The summed E-state index contributed by atoms with van der Waals surface area (Å²) in [6.45, 7) is 21.6. The lowest BCUT2D eigenvalue weighted by Crippen LogP contribution is -2.56. The van der Waals surface area contributed by atoms with Gasteiger partial charge in [-0.25, -0.2) is 4.98 Å². The molecule has 0 N–H and O–H groups in total. The van der Waals surface area contributed by atoms with Gasteiger partial charge < -0.3 is 14.5 Å². The summed E-state index contributed by atoms with van der Waals surface area (Å²) in [6, 6.07) is 49.7. The summed E-state index contributed by atoms with van der Waals surface area (Å²) in [7, 11) is 0. The number of anilines is 4. The topological polar surface area (TPSA) is 33.5 Å². The van der Waals surface area contributed by atoms with Crippen molar-refractivity contribution in [1.29, 1.82) is 0 Å². The van der Waals surface area contributed by atoms with E-state index in [1.54, 1.807) is 0 Å². The van der Waals surface area contributed by atoms with E-state index in [1.165, 1.54) is 98.9 Å². The molecule has 8 aromatic rings. The lowest BCUT2D eigenvalue weighted by molar-refractivity contribution is -0.0419. The molecule has 0 spiro atoms. The number of aromatic nitrogens is 2. The first kappa shape index (κ1) is 43.0. The van der Waals surface area contributed by atoms with Gasteiger partial charge in [-0.3, -0.25) is 4.57 Å². The minimum absolute atomic E-state index is 0.0237. The van der Waals surface area contributed by atoms with Crippen molar-refractivity contribution in [2.45, 2.75) is 111 Å². The maximum absolute atomic E-state index is 6.92. The van der Waals surface area contributed by atoms with Crippen LogP contribution in [0.25, 0.3) is 27.6 Å². The minimum Gasteiger partial charge on any atom is -0.457 e. The van der Waals surface area contributed by atoms with Gasteiger partial charge in [-0.05, 0) is 181 Å². The van der Waals surface area contributed by atoms with Crippen LogP contribution >= 0.6 is 0 Å². The Morgan fingerprint density at radius 3 is 1.82 bits per heavy atom. The van der Waals surface area contributed by atoms with Crippen molar-refractivity contribution in [2.75, 3.05) is 16.5 Å². The van der Waals surface area contributed by atoms with Crippen LogP contribution in [0.2, 0.25) is 0 Å². The Morgan fingerprint density at radius 2 is 1.15 bits per heavy atom. The van der Waals surface area contributed by atoms with E-state index in [0.29, 0.717) is 18.5 Å². The number of ether oxygens (including phenoxy) is 1. The maximum Gasteiger partial charge on any atom is 0.137 e. The molecule has 0 atom stereocenters. The second-order valence-electron chi connectivity index (χ2n) is 23.1. The van der Waals surface area contributed by atoms with E-state index < -0.39 is 0 Å². The highest BCUT2D eigenvalue weighted by molar-refractivity contribution is 6.09. The van der Waals surface area contributed by atoms with Crippen LogP contribution in [0.5, 0.6) is 11.5 Å². The van der Waals surface area contributed by atoms with Gasteiger partial charge in [0.2, 0.25) is 0 Å². The molecule has 3 heterocycles. The molecule has 5 aliphatic rings. The maximum atomic E-state index is 6.92. The molecule has 5 nitrogen and oxygen atoms in total. The molecule has 0 amide bonds. The predicted octanol–water partition coefficient (Wildman–Crippen LogP) is 16.5. The molecular weight excluding hydrogens is 829 g/mol. The lowest BCUT2D eigenvalue weighted by atomic mass is 9.42. The molecule has 5 heteroatoms. The van der Waals surface area contributed by atoms with E-state index in [0.717, 1.165) is 45.9 Å². The Bertz CT molecular complexity index is 3200. The highest BCUT2D eigenvalue weighted by Crippen LogP contribution is 2.65. The molecule has 0 unspecified atom stereocenters. The number of para-hydroxylation sites is 4. The summed E-state index contributed by atoms with van der Waals surface area (Å²) in [6.07, 6.45) is 8.86. The van der Waals surface area contributed by atoms with E-state index in [2.05, 4.69) is 216 Å². The van der Waals surface area contributed by atoms with E-state index in [-0.39, 0.29) is 16.2 Å². The van der Waals surface area contributed by atoms with E-state index >= 15 is 0 Å². The second kappa shape index (κ2) is 15.6. The number of benzene rings is 6. The molecule has 1 aliphatic heterocycles. The number of aryl methyl sites for hydroxylation is 2. The standard InChI is InChI=1S/C63H66N4O/c1-39-28-45(29-40(2)41(39)3)63(46-31-42-30-43(33-46)34-47(63)32-42)44-26-27-64-59(35-44)67-55-21-11-10-18-51(55)52-25-24-50(37-58(52)67)68-49-17-14-16-48(36-49)65-38-66(57-23-13-12-22-56(57)65)60-53(61(4,5)6)19-15-20-54(60)62(7,8)9/h10-29,35-37,42-43,46-47H,30-34,38H2,1-9H3. The van der Waals surface area contributed by atoms with Crippen LogP contribution in [0.4, 0.5) is 22.7 Å². The Balaban J connectivity index is 0.928. The number of hydrogen-bond donors (Lipinski definition) is 0. The number of rotatable bonds is 7. The highest BCUT2D eigenvalue weighted by atomic mass is 16.5. The van der Waals surface area contributed by atoms with Crippen molar-refractivity contribution in [3.8, 4) is 17.3 Å². The summed E-state index contributed by atoms with van der Waals surface area (Å²) >= 11 is 0. The van der Waals surface area contributed by atoms with Crippen LogP contribution in [-0.4, -0.2) is 16.2 Å². The fourth-order valence-electron chi connectivity index (χ4n) is 13.9. The van der Waals surface area contributed by atoms with Crippen LogP contribution < -0.4 is 14.5 Å². The molecule has 4 saturated carbocycles. The van der Waals surface area contributed by atoms with Gasteiger partial charge in [0.05, 0.1) is 28.1 Å². The summed E-state index contributed by atoms with van der Waals surface area (Å²) in [5.41, 5.74) is 16.9. The Morgan fingerprint density at radius 1 is 0.544 bits per heavy atom. The number of nitrogens with zero attached hydrogens (tertiary/aromatic N) is 4. The van der Waals surface area contributed by atoms with E-state index in [9.17, 15) is 0 Å². The van der Waals surface area contributed by atoms with Crippen LogP contribution in [0.1, 0.15) is 113 Å². The molecular formula is C63H66N4O. The first-order valence-corrected chi connectivity index (χ1v) is 25.3. The Hall–Kier alpha value is -6.33. The first-order valence-electron chi connectivity index (χ1n) is 25.3. The van der Waals surface area contributed by atoms with Gasteiger partial charge >= 0.3 is 0 Å². The normalized spacial score (nSPS) is 22.1. The molecule has 2 aromatic heterocycles. The largest absolute Gasteiger partial charge is 0.457 e. The van der Waals surface area contributed by atoms with Crippen molar-refractivity contribution >= 4 is 44.6 Å². The average molecular weight is 895 g/mol. The monoisotopic (exact) mass is 895 g/mol. The molecule has 4 fully saturated rings. The fraction of sp³-hybridized carbons (Fsp3) is 0.349. The van der Waals surface area contributed by atoms with Crippen LogP contribution in [0.15, 0.2) is 140 Å². The quantitative estimate of drug-likeness (QED) is 0.160. The molecule has 13 rings (SSSR count). The van der Waals surface area contributed by atoms with Gasteiger partial charge in [-0.1, -0.05) is 108 Å². The van der Waals surface area contributed by atoms with Crippen molar-refractivity contribution in [2.24, 2.45) is 23.7 Å². The molecule has 344 valence electrons. The third-order valence-corrected chi connectivity index (χ3v) is 17.0. The van der Waals surface area contributed by atoms with Gasteiger partial charge in [0.1, 0.15) is 24.0 Å². The molecule has 4 bridgehead atoms. The Kier molecular flexibility index (Phi) is 9.86. The number of hydrogen-bond acceptors (Lipinski definition) is 4. The first-order chi connectivity index (χ1) is 32.7. The molecule has 4 aliphatic carbocycles. The lowest BCUT2D eigenvalue weighted by Gasteiger charge is -2.62.